The molecule has 0 aromatic rings. The van der Waals surface area contributed by atoms with Crippen LogP contribution in [0.25, 0.3) is 0 Å². The van der Waals surface area contributed by atoms with Crippen molar-refractivity contribution < 1.29 is 9.47 Å². The Kier molecular flexibility index (Phi) is 8.66. The van der Waals surface area contributed by atoms with Crippen LogP contribution in [-0.2, 0) is 9.47 Å². The molecule has 0 aliphatic heterocycles. The largest absolute Gasteiger partial charge is 0.502 e. The van der Waals surface area contributed by atoms with E-state index in [2.05, 4.69) is 11.3 Å². The van der Waals surface area contributed by atoms with Crippen LogP contribution in [0.1, 0.15) is 34.6 Å². The van der Waals surface area contributed by atoms with Gasteiger partial charge in [-0.15, -0.1) is 0 Å². The summed E-state index contributed by atoms with van der Waals surface area (Å²) in [6, 6.07) is 0. The minimum Gasteiger partial charge on any atom is -0.502 e. The minimum atomic E-state index is -0.0352. The van der Waals surface area contributed by atoms with Crippen LogP contribution >= 0.6 is 0 Å². The van der Waals surface area contributed by atoms with Crippen LogP contribution in [0, 0.1) is 0 Å². The van der Waals surface area contributed by atoms with Gasteiger partial charge in [0, 0.05) is 0 Å². The van der Waals surface area contributed by atoms with Gasteiger partial charge in [-0.2, -0.15) is 0 Å². The molecular formula is C11H22O2. The molecule has 0 aliphatic rings. The average Bonchev–Trinajstić information content (AvgIpc) is 2.00. The fraction of sp³-hybridized carbons (Fsp3) is 0.636. The zero-order chi connectivity index (χ0) is 10.9. The van der Waals surface area contributed by atoms with Crippen molar-refractivity contribution in [1.29, 1.82) is 0 Å². The fourth-order valence-electron chi connectivity index (χ4n) is 0.272. The predicted octanol–water partition coefficient (Wildman–Crippen LogP) is 3.50. The molecule has 0 spiro atoms. The molecule has 2 heteroatoms. The number of hydrogen-bond acceptors (Lipinski definition) is 2. The van der Waals surface area contributed by atoms with Crippen molar-refractivity contribution in [1.82, 2.24) is 0 Å². The SMILES string of the molecule is C/C=C\OC(C)(C)C.C=C(C)OC. The van der Waals surface area contributed by atoms with Gasteiger partial charge in [-0.3, -0.25) is 0 Å². The first-order valence-electron chi connectivity index (χ1n) is 4.32. The van der Waals surface area contributed by atoms with E-state index < -0.39 is 0 Å². The highest BCUT2D eigenvalue weighted by Crippen LogP contribution is 2.05. The lowest BCUT2D eigenvalue weighted by Crippen LogP contribution is -2.14. The van der Waals surface area contributed by atoms with Gasteiger partial charge >= 0.3 is 0 Å². The lowest BCUT2D eigenvalue weighted by molar-refractivity contribution is 0.0765. The van der Waals surface area contributed by atoms with Gasteiger partial charge < -0.3 is 9.47 Å². The summed E-state index contributed by atoms with van der Waals surface area (Å²) in [7, 11) is 1.60. The molecule has 0 bridgehead atoms. The monoisotopic (exact) mass is 186 g/mol. The van der Waals surface area contributed by atoms with Gasteiger partial charge in [0.25, 0.3) is 0 Å². The average molecular weight is 186 g/mol. The highest BCUT2D eigenvalue weighted by atomic mass is 16.5. The highest BCUT2D eigenvalue weighted by Gasteiger charge is 2.06. The van der Waals surface area contributed by atoms with Crippen LogP contribution in [0.5, 0.6) is 0 Å². The van der Waals surface area contributed by atoms with Crippen LogP contribution < -0.4 is 0 Å². The van der Waals surface area contributed by atoms with E-state index in [1.165, 1.54) is 0 Å². The van der Waals surface area contributed by atoms with Gasteiger partial charge in [-0.05, 0) is 34.6 Å². The standard InChI is InChI=1S/C7H14O.C4H8O/c1-5-6-8-7(2,3)4;1-4(2)5-3/h5-6H,1-4H3;1H2,2-3H3/b6-5-;. The zero-order valence-corrected chi connectivity index (χ0v) is 9.68. The summed E-state index contributed by atoms with van der Waals surface area (Å²) in [6.07, 6.45) is 3.59. The Labute approximate surface area is 82.2 Å². The second-order valence-electron chi connectivity index (χ2n) is 3.61. The van der Waals surface area contributed by atoms with Gasteiger partial charge in [-0.1, -0.05) is 12.7 Å². The summed E-state index contributed by atoms with van der Waals surface area (Å²) in [5, 5.41) is 0. The van der Waals surface area contributed by atoms with Gasteiger partial charge in [0.1, 0.15) is 0 Å². The van der Waals surface area contributed by atoms with E-state index in [1.807, 2.05) is 33.8 Å². The maximum absolute atomic E-state index is 5.20. The van der Waals surface area contributed by atoms with E-state index in [0.29, 0.717) is 0 Å². The molecule has 0 aromatic heterocycles. The fourth-order valence-corrected chi connectivity index (χ4v) is 0.272. The molecule has 0 fully saturated rings. The first-order valence-corrected chi connectivity index (χ1v) is 4.32. The van der Waals surface area contributed by atoms with Crippen molar-refractivity contribution in [2.24, 2.45) is 0 Å². The van der Waals surface area contributed by atoms with Crippen molar-refractivity contribution in [3.05, 3.63) is 24.7 Å². The molecule has 0 amide bonds. The Morgan fingerprint density at radius 1 is 1.31 bits per heavy atom. The molecule has 2 nitrogen and oxygen atoms in total. The second kappa shape index (κ2) is 7.71. The van der Waals surface area contributed by atoms with E-state index >= 15 is 0 Å². The van der Waals surface area contributed by atoms with Gasteiger partial charge in [0.15, 0.2) is 0 Å². The second-order valence-corrected chi connectivity index (χ2v) is 3.61. The number of methoxy groups -OCH3 is 1. The number of rotatable bonds is 2. The van der Waals surface area contributed by atoms with Gasteiger partial charge in [-0.25, -0.2) is 0 Å². The smallest absolute Gasteiger partial charge is 0.0998 e. The van der Waals surface area contributed by atoms with Crippen LogP contribution in [0.3, 0.4) is 0 Å². The van der Waals surface area contributed by atoms with E-state index in [0.717, 1.165) is 5.76 Å². The highest BCUT2D eigenvalue weighted by molar-refractivity contribution is 4.71. The number of ether oxygens (including phenoxy) is 2. The zero-order valence-electron chi connectivity index (χ0n) is 9.68. The first-order chi connectivity index (χ1) is 5.83. The Balaban J connectivity index is 0. The third kappa shape index (κ3) is 24.7. The molecule has 0 heterocycles. The summed E-state index contributed by atoms with van der Waals surface area (Å²) < 4.78 is 9.75. The quantitative estimate of drug-likeness (QED) is 0.614. The first kappa shape index (κ1) is 14.6. The molecule has 0 N–H and O–H groups in total. The maximum Gasteiger partial charge on any atom is 0.0998 e. The summed E-state index contributed by atoms with van der Waals surface area (Å²) in [5.74, 6) is 0.755. The van der Waals surface area contributed by atoms with Crippen molar-refractivity contribution in [3.8, 4) is 0 Å². The van der Waals surface area contributed by atoms with Crippen LogP contribution in [0.2, 0.25) is 0 Å². The molecule has 0 saturated heterocycles. The van der Waals surface area contributed by atoms with E-state index in [4.69, 9.17) is 4.74 Å². The maximum atomic E-state index is 5.20. The Bertz CT molecular complexity index is 152. The summed E-state index contributed by atoms with van der Waals surface area (Å²) in [5.41, 5.74) is -0.0352. The Hall–Kier alpha value is -0.920. The van der Waals surface area contributed by atoms with Crippen molar-refractivity contribution in [3.63, 3.8) is 0 Å². The topological polar surface area (TPSA) is 18.5 Å². The summed E-state index contributed by atoms with van der Waals surface area (Å²) >= 11 is 0. The molecule has 0 rings (SSSR count). The van der Waals surface area contributed by atoms with Crippen LogP contribution in [-0.4, -0.2) is 12.7 Å². The lowest BCUT2D eigenvalue weighted by Gasteiger charge is -2.17. The summed E-state index contributed by atoms with van der Waals surface area (Å²) in [4.78, 5) is 0. The van der Waals surface area contributed by atoms with Gasteiger partial charge in [0.2, 0.25) is 0 Å². The van der Waals surface area contributed by atoms with Gasteiger partial charge in [0.05, 0.1) is 24.7 Å². The molecule has 0 unspecified atom stereocenters. The van der Waals surface area contributed by atoms with Crippen molar-refractivity contribution in [2.75, 3.05) is 7.11 Å². The summed E-state index contributed by atoms with van der Waals surface area (Å²) in [6.45, 7) is 13.3. The van der Waals surface area contributed by atoms with Crippen molar-refractivity contribution >= 4 is 0 Å². The minimum absolute atomic E-state index is 0.0352. The number of hydrogen-bond donors (Lipinski definition) is 0. The Morgan fingerprint density at radius 3 is 1.77 bits per heavy atom. The predicted molar refractivity (Wildman–Crippen MR) is 57.5 cm³/mol. The molecule has 78 valence electrons. The number of allylic oxidation sites excluding steroid dienone is 2. The third-order valence-electron chi connectivity index (χ3n) is 0.906. The molecule has 0 atom stereocenters. The van der Waals surface area contributed by atoms with Crippen LogP contribution in [0.4, 0.5) is 0 Å². The third-order valence-corrected chi connectivity index (χ3v) is 0.906. The Morgan fingerprint density at radius 2 is 1.69 bits per heavy atom. The normalized spacial score (nSPS) is 10.3. The molecule has 0 aromatic carbocycles. The molecule has 0 radical (unpaired) electrons. The lowest BCUT2D eigenvalue weighted by atomic mass is 10.2. The molecule has 0 saturated carbocycles. The molecule has 0 aliphatic carbocycles. The van der Waals surface area contributed by atoms with Crippen molar-refractivity contribution in [2.45, 2.75) is 40.2 Å². The van der Waals surface area contributed by atoms with E-state index in [9.17, 15) is 0 Å². The molecule has 13 heavy (non-hydrogen) atoms. The van der Waals surface area contributed by atoms with E-state index in [1.54, 1.807) is 20.3 Å². The van der Waals surface area contributed by atoms with Crippen LogP contribution in [0.15, 0.2) is 24.7 Å². The van der Waals surface area contributed by atoms with E-state index in [-0.39, 0.29) is 5.60 Å². The molecular weight excluding hydrogens is 164 g/mol.